The zero-order valence-corrected chi connectivity index (χ0v) is 32.4. The second kappa shape index (κ2) is 11.9. The van der Waals surface area contributed by atoms with Crippen molar-refractivity contribution in [3.63, 3.8) is 0 Å². The molecule has 4 aliphatic carbocycles. The Morgan fingerprint density at radius 1 is 1.06 bits per heavy atom. The molecule has 0 radical (unpaired) electrons. The molecule has 1 aromatic heterocycles. The highest BCUT2D eigenvalue weighted by molar-refractivity contribution is 5.73. The third-order valence-electron chi connectivity index (χ3n) is 16.2. The third-order valence-corrected chi connectivity index (χ3v) is 16.2. The molecule has 0 aromatic carbocycles. The van der Waals surface area contributed by atoms with Crippen molar-refractivity contribution in [3.8, 4) is 0 Å². The molecule has 12 atom stereocenters. The largest absolute Gasteiger partial charge is 0.481 e. The Morgan fingerprint density at radius 2 is 1.71 bits per heavy atom. The van der Waals surface area contributed by atoms with Gasteiger partial charge in [-0.05, 0) is 103 Å². The van der Waals surface area contributed by atoms with Crippen LogP contribution in [-0.4, -0.2) is 55.3 Å². The van der Waals surface area contributed by atoms with Crippen LogP contribution in [0.15, 0.2) is 24.3 Å². The van der Waals surface area contributed by atoms with E-state index >= 15 is 0 Å². The fourth-order valence-corrected chi connectivity index (χ4v) is 11.9. The Morgan fingerprint density at radius 3 is 2.23 bits per heavy atom. The van der Waals surface area contributed by atoms with E-state index in [0.29, 0.717) is 25.4 Å². The highest BCUT2D eigenvalue weighted by atomic mass is 16.5. The van der Waals surface area contributed by atoms with Gasteiger partial charge in [-0.25, -0.2) is 9.67 Å². The van der Waals surface area contributed by atoms with E-state index in [1.54, 1.807) is 12.7 Å². The monoisotopic (exact) mass is 669 g/mol. The molecular formula is C40H68N4O4. The average molecular weight is 669 g/mol. The highest BCUT2D eigenvalue weighted by Crippen LogP contribution is 2.75. The van der Waals surface area contributed by atoms with E-state index in [0.717, 1.165) is 25.7 Å². The molecule has 48 heavy (non-hydrogen) atoms. The van der Waals surface area contributed by atoms with Crippen LogP contribution in [-0.2, 0) is 9.53 Å². The Labute approximate surface area is 291 Å². The number of carbonyl (C=O) groups is 1. The topological polar surface area (TPSA) is 123 Å². The maximum atomic E-state index is 13.4. The molecule has 4 N–H and O–H groups in total. The number of nitrogens with two attached hydrogens (primary N) is 1. The van der Waals surface area contributed by atoms with Gasteiger partial charge in [0.1, 0.15) is 12.7 Å². The van der Waals surface area contributed by atoms with Crippen molar-refractivity contribution in [2.45, 2.75) is 152 Å². The lowest BCUT2D eigenvalue weighted by Crippen LogP contribution is -2.67. The Hall–Kier alpha value is -1.77. The van der Waals surface area contributed by atoms with Crippen LogP contribution in [0.4, 0.5) is 0 Å². The van der Waals surface area contributed by atoms with Crippen LogP contribution >= 0.6 is 0 Å². The van der Waals surface area contributed by atoms with E-state index in [2.05, 4.69) is 99.2 Å². The first-order valence-electron chi connectivity index (χ1n) is 18.8. The lowest BCUT2D eigenvalue weighted by Gasteiger charge is -2.70. The molecule has 0 spiro atoms. The fraction of sp³-hybridized carbons (Fsp3) is 0.875. The molecule has 8 heteroatoms. The minimum Gasteiger partial charge on any atom is -0.481 e. The van der Waals surface area contributed by atoms with Crippen LogP contribution in [0.25, 0.3) is 0 Å². The van der Waals surface area contributed by atoms with Crippen molar-refractivity contribution in [2.75, 3.05) is 6.61 Å². The van der Waals surface area contributed by atoms with Gasteiger partial charge in [-0.3, -0.25) is 4.79 Å². The van der Waals surface area contributed by atoms with Gasteiger partial charge >= 0.3 is 5.97 Å². The van der Waals surface area contributed by atoms with Gasteiger partial charge in [0.2, 0.25) is 0 Å². The van der Waals surface area contributed by atoms with E-state index < -0.39 is 34.4 Å². The number of hydrogen-bond acceptors (Lipinski definition) is 6. The first-order valence-corrected chi connectivity index (χ1v) is 18.8. The van der Waals surface area contributed by atoms with Crippen molar-refractivity contribution >= 4 is 5.97 Å². The van der Waals surface area contributed by atoms with Gasteiger partial charge in [0.25, 0.3) is 0 Å². The average Bonchev–Trinajstić information content (AvgIpc) is 3.50. The second-order valence-electron chi connectivity index (χ2n) is 19.8. The number of carboxylic acids is 1. The molecule has 3 fully saturated rings. The van der Waals surface area contributed by atoms with Crippen LogP contribution < -0.4 is 5.73 Å². The van der Waals surface area contributed by atoms with Gasteiger partial charge in [0, 0.05) is 11.0 Å². The van der Waals surface area contributed by atoms with Gasteiger partial charge in [0.15, 0.2) is 0 Å². The Balaban J connectivity index is 1.63. The lowest BCUT2D eigenvalue weighted by molar-refractivity contribution is -0.216. The molecule has 0 saturated heterocycles. The first-order chi connectivity index (χ1) is 21.9. The summed E-state index contributed by atoms with van der Waals surface area (Å²) in [4.78, 5) is 17.8. The van der Waals surface area contributed by atoms with Crippen molar-refractivity contribution in [1.29, 1.82) is 0 Å². The number of aliphatic hydroxyl groups excluding tert-OH is 1. The number of aliphatic carboxylic acids is 1. The molecule has 0 unspecified atom stereocenters. The highest BCUT2D eigenvalue weighted by Gasteiger charge is 2.71. The number of ether oxygens (including phenoxy) is 1. The molecule has 0 bridgehead atoms. The number of hydrogen-bond donors (Lipinski definition) is 3. The van der Waals surface area contributed by atoms with Crippen molar-refractivity contribution in [3.05, 3.63) is 24.3 Å². The maximum Gasteiger partial charge on any atom is 0.307 e. The summed E-state index contributed by atoms with van der Waals surface area (Å²) in [7, 11) is 0. The van der Waals surface area contributed by atoms with Gasteiger partial charge in [-0.1, -0.05) is 87.8 Å². The molecule has 4 aliphatic rings. The fourth-order valence-electron chi connectivity index (χ4n) is 11.9. The third kappa shape index (κ3) is 5.19. The van der Waals surface area contributed by atoms with Gasteiger partial charge in [-0.15, -0.1) is 0 Å². The SMILES string of the molecule is CC(C)[C@@H](C)[C@@]1(C)CC[C@]2(C)[C@H]3CC[C@H]4C(C)(C)[C@@H](OC[C@](C)(N)C(C)(C)C)[C@H](n5cncn5)C[C@]4([C@H](C)O)C3=CC[C@@]2(C)[C@@H]1C(=O)O. The van der Waals surface area contributed by atoms with E-state index in [-0.39, 0.29) is 51.6 Å². The summed E-state index contributed by atoms with van der Waals surface area (Å²) < 4.78 is 8.94. The van der Waals surface area contributed by atoms with Crippen molar-refractivity contribution in [2.24, 2.45) is 67.8 Å². The predicted molar refractivity (Wildman–Crippen MR) is 191 cm³/mol. The summed E-state index contributed by atoms with van der Waals surface area (Å²) in [5.41, 5.74) is 5.80. The molecule has 5 rings (SSSR count). The number of rotatable bonds is 8. The van der Waals surface area contributed by atoms with Crippen LogP contribution in [0.3, 0.4) is 0 Å². The molecule has 3 saturated carbocycles. The van der Waals surface area contributed by atoms with E-state index in [4.69, 9.17) is 10.5 Å². The van der Waals surface area contributed by atoms with Gasteiger partial charge < -0.3 is 20.7 Å². The number of aliphatic hydroxyl groups is 1. The number of aromatic nitrogens is 3. The first kappa shape index (κ1) is 37.5. The summed E-state index contributed by atoms with van der Waals surface area (Å²) in [6.45, 7) is 29.3. The summed E-state index contributed by atoms with van der Waals surface area (Å²) in [5.74, 6) is -0.0485. The minimum absolute atomic E-state index is 0.151. The standard InChI is InChI=1S/C40H68N4O4/c1-24(2)25(3)36(10)18-19-37(11)27-14-15-30-35(8,9)32(48-21-39(13,41)34(5,6)7)29(44-23-42-22-43-44)20-40(30,26(4)45)28(27)16-17-38(37,12)31(36)33(46)47/h16,22-27,29-32,45H,14-15,17-21,41H2,1-13H3,(H,46,47)/t25-,26+,27+,29-,30+,31-,32+,36-,37-,38+,39+,40+/m1/s1. The van der Waals surface area contributed by atoms with E-state index in [1.165, 1.54) is 5.57 Å². The zero-order chi connectivity index (χ0) is 36.0. The van der Waals surface area contributed by atoms with E-state index in [1.807, 2.05) is 11.6 Å². The molecule has 8 nitrogen and oxygen atoms in total. The second-order valence-corrected chi connectivity index (χ2v) is 19.8. The molecule has 1 aromatic rings. The lowest BCUT2D eigenvalue weighted by atomic mass is 9.34. The Kier molecular flexibility index (Phi) is 9.29. The van der Waals surface area contributed by atoms with Crippen LogP contribution in [0, 0.1) is 62.1 Å². The number of fused-ring (bicyclic) bond motifs is 5. The smallest absolute Gasteiger partial charge is 0.307 e. The van der Waals surface area contributed by atoms with Crippen LogP contribution in [0.1, 0.15) is 135 Å². The van der Waals surface area contributed by atoms with Gasteiger partial charge in [-0.2, -0.15) is 5.10 Å². The minimum atomic E-state index is -0.651. The summed E-state index contributed by atoms with van der Waals surface area (Å²) in [6.07, 6.45) is 10.2. The molecular weight excluding hydrogens is 600 g/mol. The summed E-state index contributed by atoms with van der Waals surface area (Å²) in [6, 6.07) is -0.154. The van der Waals surface area contributed by atoms with Crippen LogP contribution in [0.2, 0.25) is 0 Å². The quantitative estimate of drug-likeness (QED) is 0.241. The summed E-state index contributed by atoms with van der Waals surface area (Å²) >= 11 is 0. The number of nitrogens with zero attached hydrogens (tertiary/aromatic N) is 3. The van der Waals surface area contributed by atoms with Crippen molar-refractivity contribution < 1.29 is 19.7 Å². The van der Waals surface area contributed by atoms with Crippen molar-refractivity contribution in [1.82, 2.24) is 14.8 Å². The number of allylic oxidation sites excluding steroid dienone is 1. The molecule has 0 amide bonds. The van der Waals surface area contributed by atoms with Crippen LogP contribution in [0.5, 0.6) is 0 Å². The molecule has 0 aliphatic heterocycles. The summed E-state index contributed by atoms with van der Waals surface area (Å²) in [5, 5.41) is 27.9. The maximum absolute atomic E-state index is 13.4. The zero-order valence-electron chi connectivity index (χ0n) is 32.4. The predicted octanol–water partition coefficient (Wildman–Crippen LogP) is 7.93. The Bertz CT molecular complexity index is 1380. The number of carboxylic acid groups (broad SMARTS) is 1. The molecule has 1 heterocycles. The normalized spacial score (nSPS) is 42.1. The van der Waals surface area contributed by atoms with E-state index in [9.17, 15) is 15.0 Å². The van der Waals surface area contributed by atoms with Gasteiger partial charge in [0.05, 0.1) is 30.8 Å². The molecule has 272 valence electrons.